The van der Waals surface area contributed by atoms with Crippen LogP contribution in [0.3, 0.4) is 0 Å². The fourth-order valence-corrected chi connectivity index (χ4v) is 5.77. The summed E-state index contributed by atoms with van der Waals surface area (Å²) in [6.07, 6.45) is 7.54. The molecule has 1 atom stereocenters. The minimum Gasteiger partial charge on any atom is -0.461 e. The number of methoxy groups -OCH3 is 1. The molecule has 0 N–H and O–H groups in total. The van der Waals surface area contributed by atoms with E-state index in [0.717, 1.165) is 46.5 Å². The third-order valence-electron chi connectivity index (χ3n) is 6.31. The summed E-state index contributed by atoms with van der Waals surface area (Å²) in [6.45, 7) is 6.77. The minimum atomic E-state index is 0.108. The van der Waals surface area contributed by atoms with Crippen LogP contribution >= 0.6 is 11.8 Å². The van der Waals surface area contributed by atoms with Crippen molar-refractivity contribution in [2.24, 2.45) is 0 Å². The van der Waals surface area contributed by atoms with Gasteiger partial charge in [0.05, 0.1) is 24.7 Å². The average Bonchev–Trinajstić information content (AvgIpc) is 3.51. The van der Waals surface area contributed by atoms with E-state index in [0.29, 0.717) is 18.4 Å². The van der Waals surface area contributed by atoms with Gasteiger partial charge in [-0.1, -0.05) is 31.0 Å². The highest BCUT2D eigenvalue weighted by Gasteiger charge is 2.26. The van der Waals surface area contributed by atoms with Gasteiger partial charge < -0.3 is 13.7 Å². The monoisotopic (exact) mass is 456 g/mol. The fourth-order valence-electron chi connectivity index (χ4n) is 4.88. The molecule has 0 amide bonds. The van der Waals surface area contributed by atoms with Crippen LogP contribution in [0.5, 0.6) is 0 Å². The predicted molar refractivity (Wildman–Crippen MR) is 125 cm³/mol. The predicted octanol–water partition coefficient (Wildman–Crippen LogP) is 5.64. The standard InChI is InChI=1S/C24H32N4O3S/c1-16-13-20(18(3)27(16)17(2)14-30-4)21(29)15-32-24-26-25-23(22-11-8-12-31-22)28(24)19-9-6-5-7-10-19/h8,11-13,17,19H,5-7,9-10,14-15H2,1-4H3/t17-/m1/s1. The van der Waals surface area contributed by atoms with Gasteiger partial charge in [0.2, 0.25) is 5.82 Å². The van der Waals surface area contributed by atoms with E-state index in [-0.39, 0.29) is 11.8 Å². The minimum absolute atomic E-state index is 0.108. The van der Waals surface area contributed by atoms with Crippen LogP contribution in [0, 0.1) is 13.8 Å². The van der Waals surface area contributed by atoms with Gasteiger partial charge in [-0.05, 0) is 51.8 Å². The summed E-state index contributed by atoms with van der Waals surface area (Å²) < 4.78 is 15.3. The van der Waals surface area contributed by atoms with Gasteiger partial charge in [-0.3, -0.25) is 9.36 Å². The maximum Gasteiger partial charge on any atom is 0.200 e. The highest BCUT2D eigenvalue weighted by Crippen LogP contribution is 2.36. The lowest BCUT2D eigenvalue weighted by Gasteiger charge is -2.25. The number of nitrogens with zero attached hydrogens (tertiary/aromatic N) is 4. The number of rotatable bonds is 9. The number of hydrogen-bond acceptors (Lipinski definition) is 6. The Morgan fingerprint density at radius 1 is 1.28 bits per heavy atom. The summed E-state index contributed by atoms with van der Waals surface area (Å²) in [5, 5.41) is 9.68. The molecular weight excluding hydrogens is 424 g/mol. The Morgan fingerprint density at radius 2 is 2.06 bits per heavy atom. The lowest BCUT2D eigenvalue weighted by molar-refractivity contribution is 0.102. The third kappa shape index (κ3) is 4.57. The molecule has 0 saturated heterocycles. The SMILES string of the molecule is COC[C@@H](C)n1c(C)cc(C(=O)CSc2nnc(-c3ccco3)n2C2CCCCC2)c1C. The molecule has 1 saturated carbocycles. The molecule has 3 aromatic heterocycles. The van der Waals surface area contributed by atoms with Crippen molar-refractivity contribution in [2.75, 3.05) is 19.5 Å². The lowest BCUT2D eigenvalue weighted by atomic mass is 9.95. The molecule has 1 fully saturated rings. The van der Waals surface area contributed by atoms with Gasteiger partial charge in [0.1, 0.15) is 0 Å². The number of thioether (sulfide) groups is 1. The first-order valence-electron chi connectivity index (χ1n) is 11.3. The van der Waals surface area contributed by atoms with Crippen LogP contribution in [0.2, 0.25) is 0 Å². The fraction of sp³-hybridized carbons (Fsp3) is 0.542. The van der Waals surface area contributed by atoms with Crippen LogP contribution in [0.25, 0.3) is 11.6 Å². The number of carbonyl (C=O) groups excluding carboxylic acids is 1. The molecule has 0 bridgehead atoms. The van der Waals surface area contributed by atoms with Crippen molar-refractivity contribution in [1.29, 1.82) is 0 Å². The number of aromatic nitrogens is 4. The Bertz CT molecular complexity index is 1050. The number of hydrogen-bond donors (Lipinski definition) is 0. The van der Waals surface area contributed by atoms with Crippen molar-refractivity contribution in [1.82, 2.24) is 19.3 Å². The van der Waals surface area contributed by atoms with Crippen molar-refractivity contribution < 1.29 is 13.9 Å². The van der Waals surface area contributed by atoms with Crippen LogP contribution in [0.15, 0.2) is 34.0 Å². The second-order valence-electron chi connectivity index (χ2n) is 8.62. The van der Waals surface area contributed by atoms with Gasteiger partial charge in [0.25, 0.3) is 0 Å². The summed E-state index contributed by atoms with van der Waals surface area (Å²) in [6, 6.07) is 6.30. The molecule has 0 radical (unpaired) electrons. The zero-order valence-electron chi connectivity index (χ0n) is 19.3. The van der Waals surface area contributed by atoms with E-state index in [9.17, 15) is 4.79 Å². The maximum atomic E-state index is 13.2. The highest BCUT2D eigenvalue weighted by atomic mass is 32.2. The Balaban J connectivity index is 1.55. The number of ether oxygens (including phenoxy) is 1. The summed E-state index contributed by atoms with van der Waals surface area (Å²) in [5.41, 5.74) is 2.83. The maximum absolute atomic E-state index is 13.2. The largest absolute Gasteiger partial charge is 0.461 e. The van der Waals surface area contributed by atoms with Gasteiger partial charge >= 0.3 is 0 Å². The summed E-state index contributed by atoms with van der Waals surface area (Å²) in [7, 11) is 1.70. The van der Waals surface area contributed by atoms with Crippen LogP contribution in [0.4, 0.5) is 0 Å². The van der Waals surface area contributed by atoms with Gasteiger partial charge in [0, 0.05) is 30.1 Å². The summed E-state index contributed by atoms with van der Waals surface area (Å²) in [5.74, 6) is 1.91. The van der Waals surface area contributed by atoms with Gasteiger partial charge in [0.15, 0.2) is 16.7 Å². The number of furan rings is 1. The first-order chi connectivity index (χ1) is 15.5. The van der Waals surface area contributed by atoms with Crippen LogP contribution < -0.4 is 0 Å². The summed E-state index contributed by atoms with van der Waals surface area (Å²) >= 11 is 1.47. The quantitative estimate of drug-likeness (QED) is 0.306. The van der Waals surface area contributed by atoms with Crippen molar-refractivity contribution >= 4 is 17.5 Å². The normalized spacial score (nSPS) is 15.9. The molecule has 32 heavy (non-hydrogen) atoms. The molecule has 0 aliphatic heterocycles. The number of Topliss-reactive ketones (excluding diaryl/α,β-unsaturated/α-hetero) is 1. The average molecular weight is 457 g/mol. The highest BCUT2D eigenvalue weighted by molar-refractivity contribution is 7.99. The van der Waals surface area contributed by atoms with E-state index in [1.165, 1.54) is 31.0 Å². The first kappa shape index (κ1) is 22.9. The van der Waals surface area contributed by atoms with Crippen LogP contribution in [0.1, 0.15) is 72.9 Å². The van der Waals surface area contributed by atoms with E-state index in [4.69, 9.17) is 9.15 Å². The zero-order valence-corrected chi connectivity index (χ0v) is 20.2. The molecule has 1 aliphatic carbocycles. The Labute approximate surface area is 193 Å². The van der Waals surface area contributed by atoms with E-state index in [2.05, 4.69) is 26.3 Å². The van der Waals surface area contributed by atoms with Crippen molar-refractivity contribution in [3.63, 3.8) is 0 Å². The van der Waals surface area contributed by atoms with E-state index >= 15 is 0 Å². The van der Waals surface area contributed by atoms with Gasteiger partial charge in [-0.15, -0.1) is 10.2 Å². The van der Waals surface area contributed by atoms with Crippen molar-refractivity contribution in [3.8, 4) is 11.6 Å². The molecule has 1 aliphatic rings. The van der Waals surface area contributed by atoms with E-state index < -0.39 is 0 Å². The molecule has 3 aromatic rings. The van der Waals surface area contributed by atoms with Gasteiger partial charge in [-0.2, -0.15) is 0 Å². The second-order valence-corrected chi connectivity index (χ2v) is 9.56. The zero-order chi connectivity index (χ0) is 22.7. The second kappa shape index (κ2) is 10.1. The molecule has 0 aromatic carbocycles. The van der Waals surface area contributed by atoms with Gasteiger partial charge in [-0.25, -0.2) is 0 Å². The smallest absolute Gasteiger partial charge is 0.200 e. The number of aryl methyl sites for hydroxylation is 1. The summed E-state index contributed by atoms with van der Waals surface area (Å²) in [4.78, 5) is 13.2. The third-order valence-corrected chi connectivity index (χ3v) is 7.25. The molecule has 0 spiro atoms. The van der Waals surface area contributed by atoms with Crippen molar-refractivity contribution in [3.05, 3.63) is 41.4 Å². The Hall–Kier alpha value is -2.32. The van der Waals surface area contributed by atoms with Crippen LogP contribution in [-0.2, 0) is 4.74 Å². The Morgan fingerprint density at radius 3 is 2.75 bits per heavy atom. The topological polar surface area (TPSA) is 75.1 Å². The molecule has 172 valence electrons. The molecule has 3 heterocycles. The Kier molecular flexibility index (Phi) is 7.20. The first-order valence-corrected chi connectivity index (χ1v) is 12.3. The van der Waals surface area contributed by atoms with E-state index in [1.54, 1.807) is 13.4 Å². The molecular formula is C24H32N4O3S. The van der Waals surface area contributed by atoms with Crippen LogP contribution in [-0.4, -0.2) is 44.6 Å². The molecule has 8 heteroatoms. The number of carbonyl (C=O) groups is 1. The van der Waals surface area contributed by atoms with Crippen molar-refractivity contribution in [2.45, 2.75) is 70.1 Å². The number of ketones is 1. The van der Waals surface area contributed by atoms with E-state index in [1.807, 2.05) is 32.0 Å². The lowest BCUT2D eigenvalue weighted by Crippen LogP contribution is -2.16. The molecule has 0 unspecified atom stereocenters. The molecule has 7 nitrogen and oxygen atoms in total. The molecule has 4 rings (SSSR count).